The van der Waals surface area contributed by atoms with Crippen LogP contribution >= 0.6 is 0 Å². The summed E-state index contributed by atoms with van der Waals surface area (Å²) in [4.78, 5) is 18.3. The SMILES string of the molecule is Cn1ncnc1Cn1cnc(C=O)c1. The van der Waals surface area contributed by atoms with Crippen molar-refractivity contribution < 1.29 is 4.79 Å². The largest absolute Gasteiger partial charge is 0.329 e. The summed E-state index contributed by atoms with van der Waals surface area (Å²) in [5, 5.41) is 3.94. The lowest BCUT2D eigenvalue weighted by atomic mass is 10.5. The monoisotopic (exact) mass is 191 g/mol. The van der Waals surface area contributed by atoms with Gasteiger partial charge in [-0.05, 0) is 0 Å². The van der Waals surface area contributed by atoms with E-state index in [0.717, 1.165) is 5.82 Å². The summed E-state index contributed by atoms with van der Waals surface area (Å²) in [5.74, 6) is 0.819. The van der Waals surface area contributed by atoms with Gasteiger partial charge in [0.1, 0.15) is 17.8 Å². The maximum Gasteiger partial charge on any atom is 0.169 e. The number of carbonyl (C=O) groups excluding carboxylic acids is 1. The third kappa shape index (κ3) is 1.54. The number of imidazole rings is 1. The van der Waals surface area contributed by atoms with Crippen molar-refractivity contribution in [2.45, 2.75) is 6.54 Å². The third-order valence-electron chi connectivity index (χ3n) is 1.90. The molecule has 2 aromatic heterocycles. The summed E-state index contributed by atoms with van der Waals surface area (Å²) in [6.45, 7) is 0.567. The van der Waals surface area contributed by atoms with Gasteiger partial charge in [0.05, 0.1) is 12.9 Å². The molecule has 0 bridgehead atoms. The van der Waals surface area contributed by atoms with E-state index in [1.807, 2.05) is 7.05 Å². The van der Waals surface area contributed by atoms with Crippen LogP contribution in [0.4, 0.5) is 0 Å². The number of hydrogen-bond donors (Lipinski definition) is 0. The highest BCUT2D eigenvalue weighted by Crippen LogP contribution is 1.98. The summed E-state index contributed by atoms with van der Waals surface area (Å²) in [6.07, 6.45) is 5.47. The molecule has 0 fully saturated rings. The van der Waals surface area contributed by atoms with Crippen molar-refractivity contribution in [3.05, 3.63) is 30.4 Å². The lowest BCUT2D eigenvalue weighted by Gasteiger charge is -1.99. The van der Waals surface area contributed by atoms with Crippen LogP contribution in [0.3, 0.4) is 0 Å². The van der Waals surface area contributed by atoms with Crippen molar-refractivity contribution in [3.63, 3.8) is 0 Å². The summed E-state index contributed by atoms with van der Waals surface area (Å²) < 4.78 is 3.47. The molecule has 0 aliphatic carbocycles. The summed E-state index contributed by atoms with van der Waals surface area (Å²) in [6, 6.07) is 0. The quantitative estimate of drug-likeness (QED) is 0.634. The van der Waals surface area contributed by atoms with E-state index in [-0.39, 0.29) is 0 Å². The molecule has 0 radical (unpaired) electrons. The van der Waals surface area contributed by atoms with Crippen LogP contribution in [0.1, 0.15) is 16.3 Å². The van der Waals surface area contributed by atoms with E-state index in [9.17, 15) is 4.79 Å². The average molecular weight is 191 g/mol. The molecule has 0 atom stereocenters. The standard InChI is InChI=1S/C8H9N5O/c1-12-8(9-5-11-12)3-13-2-7(4-14)10-6-13/h2,4-6H,3H2,1H3. The van der Waals surface area contributed by atoms with Crippen LogP contribution in [0.15, 0.2) is 18.9 Å². The van der Waals surface area contributed by atoms with Crippen LogP contribution < -0.4 is 0 Å². The second kappa shape index (κ2) is 3.41. The Morgan fingerprint density at radius 2 is 2.36 bits per heavy atom. The van der Waals surface area contributed by atoms with Gasteiger partial charge < -0.3 is 4.57 Å². The number of hydrogen-bond acceptors (Lipinski definition) is 4. The second-order valence-electron chi connectivity index (χ2n) is 2.89. The molecule has 2 aromatic rings. The first-order valence-corrected chi connectivity index (χ1v) is 4.09. The molecule has 6 nitrogen and oxygen atoms in total. The van der Waals surface area contributed by atoms with Crippen LogP contribution in [0.5, 0.6) is 0 Å². The fourth-order valence-electron chi connectivity index (χ4n) is 1.15. The molecule has 2 heterocycles. The first-order valence-electron chi connectivity index (χ1n) is 4.09. The second-order valence-corrected chi connectivity index (χ2v) is 2.89. The lowest BCUT2D eigenvalue weighted by Crippen LogP contribution is -2.05. The van der Waals surface area contributed by atoms with Gasteiger partial charge in [0, 0.05) is 13.2 Å². The fourth-order valence-corrected chi connectivity index (χ4v) is 1.15. The van der Waals surface area contributed by atoms with E-state index in [0.29, 0.717) is 18.5 Å². The summed E-state index contributed by atoms with van der Waals surface area (Å²) >= 11 is 0. The van der Waals surface area contributed by atoms with Crippen molar-refractivity contribution in [1.82, 2.24) is 24.3 Å². The Bertz CT molecular complexity index is 444. The maximum atomic E-state index is 10.4. The van der Waals surface area contributed by atoms with Gasteiger partial charge in [-0.2, -0.15) is 5.10 Å². The molecule has 14 heavy (non-hydrogen) atoms. The minimum Gasteiger partial charge on any atom is -0.329 e. The minimum atomic E-state index is 0.423. The van der Waals surface area contributed by atoms with Gasteiger partial charge in [0.15, 0.2) is 6.29 Å². The Hall–Kier alpha value is -1.98. The van der Waals surface area contributed by atoms with Crippen LogP contribution in [0, 0.1) is 0 Å². The number of aldehydes is 1. The van der Waals surface area contributed by atoms with Gasteiger partial charge in [-0.25, -0.2) is 9.97 Å². The third-order valence-corrected chi connectivity index (χ3v) is 1.90. The Kier molecular flexibility index (Phi) is 2.10. The molecule has 0 amide bonds. The normalized spacial score (nSPS) is 10.4. The van der Waals surface area contributed by atoms with E-state index in [4.69, 9.17) is 0 Å². The smallest absolute Gasteiger partial charge is 0.169 e. The van der Waals surface area contributed by atoms with Gasteiger partial charge in [0.2, 0.25) is 0 Å². The Morgan fingerprint density at radius 3 is 2.93 bits per heavy atom. The highest BCUT2D eigenvalue weighted by atomic mass is 16.1. The molecule has 0 spiro atoms. The molecule has 72 valence electrons. The van der Waals surface area contributed by atoms with Crippen molar-refractivity contribution in [3.8, 4) is 0 Å². The topological polar surface area (TPSA) is 65.6 Å². The average Bonchev–Trinajstić information content (AvgIpc) is 2.77. The molecule has 0 unspecified atom stereocenters. The lowest BCUT2D eigenvalue weighted by molar-refractivity contribution is 0.111. The number of rotatable bonds is 3. The number of nitrogens with zero attached hydrogens (tertiary/aromatic N) is 5. The van der Waals surface area contributed by atoms with Gasteiger partial charge in [-0.3, -0.25) is 9.48 Å². The molecular weight excluding hydrogens is 182 g/mol. The molecule has 0 N–H and O–H groups in total. The van der Waals surface area contributed by atoms with E-state index >= 15 is 0 Å². The molecule has 6 heteroatoms. The Labute approximate surface area is 80.2 Å². The van der Waals surface area contributed by atoms with Gasteiger partial charge in [-0.1, -0.05) is 0 Å². The highest BCUT2D eigenvalue weighted by Gasteiger charge is 2.02. The minimum absolute atomic E-state index is 0.423. The zero-order valence-corrected chi connectivity index (χ0v) is 7.66. The molecule has 0 aromatic carbocycles. The molecular formula is C8H9N5O. The number of carbonyl (C=O) groups is 1. The Balaban J connectivity index is 2.18. The zero-order chi connectivity index (χ0) is 9.97. The van der Waals surface area contributed by atoms with E-state index in [1.165, 1.54) is 6.33 Å². The van der Waals surface area contributed by atoms with Crippen LogP contribution in [0.25, 0.3) is 0 Å². The van der Waals surface area contributed by atoms with Crippen molar-refractivity contribution in [1.29, 1.82) is 0 Å². The van der Waals surface area contributed by atoms with E-state index in [2.05, 4.69) is 15.1 Å². The number of aryl methyl sites for hydroxylation is 1. The summed E-state index contributed by atoms with van der Waals surface area (Å²) in [7, 11) is 1.82. The molecule has 0 aliphatic heterocycles. The first-order chi connectivity index (χ1) is 6.79. The van der Waals surface area contributed by atoms with Gasteiger partial charge in [0.25, 0.3) is 0 Å². The first kappa shape index (κ1) is 8.61. The van der Waals surface area contributed by atoms with Gasteiger partial charge >= 0.3 is 0 Å². The van der Waals surface area contributed by atoms with Crippen LogP contribution in [-0.4, -0.2) is 30.6 Å². The van der Waals surface area contributed by atoms with Gasteiger partial charge in [-0.15, -0.1) is 0 Å². The fraction of sp³-hybridized carbons (Fsp3) is 0.250. The van der Waals surface area contributed by atoms with E-state index < -0.39 is 0 Å². The highest BCUT2D eigenvalue weighted by molar-refractivity contribution is 5.70. The number of aromatic nitrogens is 5. The van der Waals surface area contributed by atoms with Crippen molar-refractivity contribution >= 4 is 6.29 Å². The molecule has 0 saturated carbocycles. The Morgan fingerprint density at radius 1 is 1.50 bits per heavy atom. The van der Waals surface area contributed by atoms with Crippen LogP contribution in [-0.2, 0) is 13.6 Å². The summed E-state index contributed by atoms with van der Waals surface area (Å²) in [5.41, 5.74) is 0.423. The molecule has 0 aliphatic rings. The van der Waals surface area contributed by atoms with E-state index in [1.54, 1.807) is 21.8 Å². The molecule has 0 saturated heterocycles. The zero-order valence-electron chi connectivity index (χ0n) is 7.66. The maximum absolute atomic E-state index is 10.4. The van der Waals surface area contributed by atoms with Crippen molar-refractivity contribution in [2.75, 3.05) is 0 Å². The van der Waals surface area contributed by atoms with Crippen molar-refractivity contribution in [2.24, 2.45) is 7.05 Å². The van der Waals surface area contributed by atoms with Crippen LogP contribution in [0.2, 0.25) is 0 Å². The molecule has 2 rings (SSSR count). The predicted molar refractivity (Wildman–Crippen MR) is 47.7 cm³/mol. The predicted octanol–water partition coefficient (Wildman–Crippen LogP) is -0.128.